The maximum atomic E-state index is 13.9. The van der Waals surface area contributed by atoms with Gasteiger partial charge in [-0.1, -0.05) is 24.3 Å². The number of hydrogen-bond donors (Lipinski definition) is 2. The SMILES string of the molecule is O=C(Nc1ccc(S(=O)(=O)Nc2cccc(C(F)(F)F)c2)cc1)C1CCN(Cc2ccccc2F)CC1. The molecule has 0 radical (unpaired) electrons. The first-order valence-corrected chi connectivity index (χ1v) is 13.1. The Bertz CT molecular complexity index is 1350. The van der Waals surface area contributed by atoms with Crippen molar-refractivity contribution in [1.82, 2.24) is 4.90 Å². The quantitative estimate of drug-likeness (QED) is 0.392. The summed E-state index contributed by atoms with van der Waals surface area (Å²) in [5, 5.41) is 2.78. The molecule has 1 aliphatic rings. The summed E-state index contributed by atoms with van der Waals surface area (Å²) in [6.07, 6.45) is -3.39. The summed E-state index contributed by atoms with van der Waals surface area (Å²) in [4.78, 5) is 14.6. The van der Waals surface area contributed by atoms with Crippen LogP contribution in [-0.2, 0) is 27.5 Å². The van der Waals surface area contributed by atoms with Crippen LogP contribution in [0.5, 0.6) is 0 Å². The van der Waals surface area contributed by atoms with Gasteiger partial charge in [-0.2, -0.15) is 13.2 Å². The van der Waals surface area contributed by atoms with Gasteiger partial charge in [0.1, 0.15) is 5.82 Å². The molecule has 1 aliphatic heterocycles. The number of alkyl halides is 3. The number of sulfonamides is 1. The number of carbonyl (C=O) groups is 1. The van der Waals surface area contributed by atoms with Crippen LogP contribution in [0.1, 0.15) is 24.0 Å². The van der Waals surface area contributed by atoms with Gasteiger partial charge in [-0.25, -0.2) is 12.8 Å². The molecule has 0 spiro atoms. The Morgan fingerprint density at radius 1 is 0.919 bits per heavy atom. The molecule has 6 nitrogen and oxygen atoms in total. The highest BCUT2D eigenvalue weighted by Crippen LogP contribution is 2.31. The maximum absolute atomic E-state index is 13.9. The van der Waals surface area contributed by atoms with Crippen molar-refractivity contribution in [2.75, 3.05) is 23.1 Å². The molecule has 11 heteroatoms. The molecule has 3 aromatic rings. The van der Waals surface area contributed by atoms with E-state index in [1.165, 1.54) is 36.4 Å². The van der Waals surface area contributed by atoms with E-state index in [1.54, 1.807) is 18.2 Å². The van der Waals surface area contributed by atoms with Crippen molar-refractivity contribution in [3.05, 3.63) is 89.7 Å². The number of hydrogen-bond acceptors (Lipinski definition) is 4. The Hall–Kier alpha value is -3.44. The highest BCUT2D eigenvalue weighted by atomic mass is 32.2. The van der Waals surface area contributed by atoms with Crippen molar-refractivity contribution in [1.29, 1.82) is 0 Å². The van der Waals surface area contributed by atoms with Crippen LogP contribution in [0.15, 0.2) is 77.7 Å². The first kappa shape index (κ1) is 26.6. The van der Waals surface area contributed by atoms with Crippen LogP contribution in [0, 0.1) is 11.7 Å². The van der Waals surface area contributed by atoms with Crippen molar-refractivity contribution in [3.63, 3.8) is 0 Å². The first-order valence-electron chi connectivity index (χ1n) is 11.6. The summed E-state index contributed by atoms with van der Waals surface area (Å²) in [5.74, 6) is -0.677. The van der Waals surface area contributed by atoms with Crippen molar-refractivity contribution in [3.8, 4) is 0 Å². The van der Waals surface area contributed by atoms with Gasteiger partial charge in [0.15, 0.2) is 0 Å². The van der Waals surface area contributed by atoms with E-state index in [4.69, 9.17) is 0 Å². The van der Waals surface area contributed by atoms with Crippen molar-refractivity contribution in [2.45, 2.75) is 30.5 Å². The molecule has 0 unspecified atom stereocenters. The lowest BCUT2D eigenvalue weighted by Crippen LogP contribution is -2.37. The predicted molar refractivity (Wildman–Crippen MR) is 132 cm³/mol. The molecule has 0 aliphatic carbocycles. The summed E-state index contributed by atoms with van der Waals surface area (Å²) >= 11 is 0. The number of halogens is 4. The van der Waals surface area contributed by atoms with Gasteiger partial charge in [-0.3, -0.25) is 14.4 Å². The molecule has 0 atom stereocenters. The molecule has 1 saturated heterocycles. The number of nitrogens with one attached hydrogen (secondary N) is 2. The van der Waals surface area contributed by atoms with E-state index in [0.717, 1.165) is 12.1 Å². The summed E-state index contributed by atoms with van der Waals surface area (Å²) in [6, 6.07) is 15.9. The summed E-state index contributed by atoms with van der Waals surface area (Å²) in [5.41, 5.74) is -0.169. The van der Waals surface area contributed by atoms with Crippen LogP contribution < -0.4 is 10.0 Å². The van der Waals surface area contributed by atoms with Gasteiger partial charge in [0.05, 0.1) is 10.5 Å². The van der Waals surface area contributed by atoms with Gasteiger partial charge in [0.25, 0.3) is 10.0 Å². The number of likely N-dealkylation sites (tertiary alicyclic amines) is 1. The van der Waals surface area contributed by atoms with Crippen molar-refractivity contribution >= 4 is 27.3 Å². The van der Waals surface area contributed by atoms with Crippen molar-refractivity contribution < 1.29 is 30.8 Å². The summed E-state index contributed by atoms with van der Waals surface area (Å²) in [7, 11) is -4.14. The lowest BCUT2D eigenvalue weighted by molar-refractivity contribution is -0.137. The van der Waals surface area contributed by atoms with Gasteiger partial charge < -0.3 is 5.32 Å². The molecule has 37 heavy (non-hydrogen) atoms. The fraction of sp³-hybridized carbons (Fsp3) is 0.269. The molecular formula is C26H25F4N3O3S. The smallest absolute Gasteiger partial charge is 0.326 e. The fourth-order valence-corrected chi connectivity index (χ4v) is 5.21. The van der Waals surface area contributed by atoms with E-state index in [0.29, 0.717) is 49.8 Å². The Kier molecular flexibility index (Phi) is 7.84. The number of rotatable bonds is 7. The fourth-order valence-electron chi connectivity index (χ4n) is 4.16. The zero-order chi connectivity index (χ0) is 26.6. The van der Waals surface area contributed by atoms with Crippen LogP contribution in [0.25, 0.3) is 0 Å². The van der Waals surface area contributed by atoms with E-state index in [-0.39, 0.29) is 28.2 Å². The number of nitrogens with zero attached hydrogens (tertiary/aromatic N) is 1. The second-order valence-electron chi connectivity index (χ2n) is 8.84. The Labute approximate surface area is 212 Å². The molecule has 0 aromatic heterocycles. The average Bonchev–Trinajstić information content (AvgIpc) is 2.85. The van der Waals surface area contributed by atoms with Crippen LogP contribution in [0.4, 0.5) is 28.9 Å². The maximum Gasteiger partial charge on any atom is 0.416 e. The molecule has 196 valence electrons. The summed E-state index contributed by atoms with van der Waals surface area (Å²) < 4.78 is 80.0. The van der Waals surface area contributed by atoms with Crippen molar-refractivity contribution in [2.24, 2.45) is 5.92 Å². The number of benzene rings is 3. The zero-order valence-electron chi connectivity index (χ0n) is 19.6. The minimum absolute atomic E-state index is 0.163. The molecule has 4 rings (SSSR count). The van der Waals surface area contributed by atoms with E-state index in [9.17, 15) is 30.8 Å². The van der Waals surface area contributed by atoms with Gasteiger partial charge in [0.2, 0.25) is 5.91 Å². The largest absolute Gasteiger partial charge is 0.416 e. The molecule has 1 heterocycles. The molecule has 0 saturated carbocycles. The molecule has 1 amide bonds. The second kappa shape index (κ2) is 10.9. The van der Waals surface area contributed by atoms with E-state index >= 15 is 0 Å². The average molecular weight is 536 g/mol. The van der Waals surface area contributed by atoms with Gasteiger partial charge >= 0.3 is 6.18 Å². The monoisotopic (exact) mass is 535 g/mol. The number of carbonyl (C=O) groups excluding carboxylic acids is 1. The topological polar surface area (TPSA) is 78.5 Å². The highest BCUT2D eigenvalue weighted by molar-refractivity contribution is 7.92. The zero-order valence-corrected chi connectivity index (χ0v) is 20.4. The Balaban J connectivity index is 1.32. The van der Waals surface area contributed by atoms with Crippen LogP contribution >= 0.6 is 0 Å². The third-order valence-corrected chi connectivity index (χ3v) is 7.58. The normalized spacial score (nSPS) is 15.4. The Morgan fingerprint density at radius 2 is 1.59 bits per heavy atom. The van der Waals surface area contributed by atoms with Crippen LogP contribution in [-0.4, -0.2) is 32.3 Å². The minimum Gasteiger partial charge on any atom is -0.326 e. The predicted octanol–water partition coefficient (Wildman–Crippen LogP) is 5.50. The molecular weight excluding hydrogens is 510 g/mol. The van der Waals surface area contributed by atoms with Crippen LogP contribution in [0.2, 0.25) is 0 Å². The third kappa shape index (κ3) is 6.86. The lowest BCUT2D eigenvalue weighted by atomic mass is 9.95. The highest BCUT2D eigenvalue weighted by Gasteiger charge is 2.31. The van der Waals surface area contributed by atoms with E-state index < -0.39 is 21.8 Å². The molecule has 2 N–H and O–H groups in total. The molecule has 3 aromatic carbocycles. The number of piperidine rings is 1. The van der Waals surface area contributed by atoms with Gasteiger partial charge in [-0.05, 0) is 74.5 Å². The minimum atomic E-state index is -4.60. The molecule has 0 bridgehead atoms. The second-order valence-corrected chi connectivity index (χ2v) is 10.5. The van der Waals surface area contributed by atoms with Crippen LogP contribution in [0.3, 0.4) is 0 Å². The van der Waals surface area contributed by atoms with Gasteiger partial charge in [0, 0.05) is 29.4 Å². The Morgan fingerprint density at radius 3 is 2.24 bits per heavy atom. The third-order valence-electron chi connectivity index (χ3n) is 6.18. The first-order chi connectivity index (χ1) is 17.5. The lowest BCUT2D eigenvalue weighted by Gasteiger charge is -2.31. The molecule has 1 fully saturated rings. The van der Waals surface area contributed by atoms with E-state index in [2.05, 4.69) is 14.9 Å². The number of amides is 1. The summed E-state index contributed by atoms with van der Waals surface area (Å²) in [6.45, 7) is 1.76. The number of anilines is 2. The standard InChI is InChI=1S/C26H25F4N3O3S/c27-24-7-2-1-4-19(24)17-33-14-12-18(13-15-33)25(34)31-21-8-10-23(11-9-21)37(35,36)32-22-6-3-5-20(16-22)26(28,29)30/h1-11,16,18,32H,12-15,17H2,(H,31,34). The van der Waals surface area contributed by atoms with E-state index in [1.807, 2.05) is 0 Å². The van der Waals surface area contributed by atoms with Gasteiger partial charge in [-0.15, -0.1) is 0 Å².